The van der Waals surface area contributed by atoms with Crippen LogP contribution in [0.2, 0.25) is 0 Å². The van der Waals surface area contributed by atoms with Crippen molar-refractivity contribution in [1.82, 2.24) is 10.4 Å². The molecule has 1 aromatic carbocycles. The molecule has 0 aliphatic carbocycles. The lowest BCUT2D eigenvalue weighted by Crippen LogP contribution is -2.31. The Kier molecular flexibility index (Phi) is 5.36. The first-order valence-corrected chi connectivity index (χ1v) is 8.64. The summed E-state index contributed by atoms with van der Waals surface area (Å²) in [5, 5.41) is 0. The number of amides is 1. The second kappa shape index (κ2) is 7.11. The molecule has 1 unspecified atom stereocenters. The van der Waals surface area contributed by atoms with Gasteiger partial charge in [0.15, 0.2) is 5.69 Å². The Balaban J connectivity index is 2.27. The maximum Gasteiger partial charge on any atom is 0.285 e. The van der Waals surface area contributed by atoms with Gasteiger partial charge in [0, 0.05) is 6.20 Å². The van der Waals surface area contributed by atoms with E-state index in [1.54, 1.807) is 12.3 Å². The van der Waals surface area contributed by atoms with Gasteiger partial charge in [0.1, 0.15) is 11.0 Å². The average molecular weight is 346 g/mol. The fraction of sp³-hybridized carbons (Fsp3) is 0.294. The molecule has 2 rings (SSSR count). The third-order valence-corrected chi connectivity index (χ3v) is 4.61. The summed E-state index contributed by atoms with van der Waals surface area (Å²) < 4.78 is 15.4. The number of nitrogens with one attached hydrogen (secondary N) is 2. The molecule has 0 spiro atoms. The van der Waals surface area contributed by atoms with Crippen molar-refractivity contribution in [2.45, 2.75) is 38.0 Å². The molecule has 0 bridgehead atoms. The summed E-state index contributed by atoms with van der Waals surface area (Å²) in [6, 6.07) is 9.25. The predicted octanol–water partition coefficient (Wildman–Crippen LogP) is 2.43. The summed E-state index contributed by atoms with van der Waals surface area (Å²) in [5.74, 6) is 4.62. The average Bonchev–Trinajstić information content (AvgIpc) is 2.53. The zero-order valence-corrected chi connectivity index (χ0v) is 15.0. The Morgan fingerprint density at radius 2 is 1.83 bits per heavy atom. The Morgan fingerprint density at radius 3 is 2.38 bits per heavy atom. The van der Waals surface area contributed by atoms with Crippen LogP contribution in [0.5, 0.6) is 0 Å². The lowest BCUT2D eigenvalue weighted by molar-refractivity contribution is 0.0949. The second-order valence-electron chi connectivity index (χ2n) is 6.53. The van der Waals surface area contributed by atoms with Crippen LogP contribution in [0.15, 0.2) is 41.4 Å². The topological polar surface area (TPSA) is 97.1 Å². The summed E-state index contributed by atoms with van der Waals surface area (Å²) in [6.45, 7) is 8.19. The van der Waals surface area contributed by atoms with Crippen molar-refractivity contribution in [2.24, 2.45) is 5.84 Å². The summed E-state index contributed by atoms with van der Waals surface area (Å²) in [4.78, 5) is 16.4. The highest BCUT2D eigenvalue weighted by Gasteiger charge is 2.16. The first-order valence-electron chi connectivity index (χ1n) is 7.49. The number of hydrazine groups is 1. The third-order valence-electron chi connectivity index (χ3n) is 3.51. The van der Waals surface area contributed by atoms with E-state index in [0.717, 1.165) is 11.1 Å². The Bertz CT molecular complexity index is 767. The van der Waals surface area contributed by atoms with Crippen LogP contribution < -0.4 is 16.0 Å². The van der Waals surface area contributed by atoms with Crippen LogP contribution in [-0.4, -0.2) is 15.1 Å². The van der Waals surface area contributed by atoms with E-state index in [0.29, 0.717) is 10.6 Å². The van der Waals surface area contributed by atoms with Gasteiger partial charge in [-0.2, -0.15) is 0 Å². The lowest BCUT2D eigenvalue weighted by atomic mass is 9.87. The van der Waals surface area contributed by atoms with Crippen molar-refractivity contribution < 1.29 is 9.00 Å². The van der Waals surface area contributed by atoms with Crippen molar-refractivity contribution >= 4 is 22.6 Å². The molecule has 1 atom stereocenters. The second-order valence-corrected chi connectivity index (χ2v) is 7.74. The number of pyridine rings is 1. The minimum Gasteiger partial charge on any atom is -0.299 e. The maximum atomic E-state index is 12.6. The number of carbonyl (C=O) groups excluding carboxylic acids is 1. The van der Waals surface area contributed by atoms with Crippen LogP contribution in [-0.2, 0) is 16.4 Å². The lowest BCUT2D eigenvalue weighted by Gasteiger charge is -2.19. The highest BCUT2D eigenvalue weighted by Crippen LogP contribution is 2.24. The van der Waals surface area contributed by atoms with Gasteiger partial charge >= 0.3 is 0 Å². The van der Waals surface area contributed by atoms with Crippen LogP contribution in [0.3, 0.4) is 0 Å². The number of aromatic nitrogens is 1. The summed E-state index contributed by atoms with van der Waals surface area (Å²) in [5.41, 5.74) is 4.53. The van der Waals surface area contributed by atoms with Gasteiger partial charge in [-0.1, -0.05) is 32.9 Å². The third kappa shape index (κ3) is 4.18. The number of hydrogen-bond donors (Lipinski definition) is 3. The van der Waals surface area contributed by atoms with Gasteiger partial charge in [0.2, 0.25) is 0 Å². The summed E-state index contributed by atoms with van der Waals surface area (Å²) in [7, 11) is -1.52. The smallest absolute Gasteiger partial charge is 0.285 e. The van der Waals surface area contributed by atoms with Crippen molar-refractivity contribution in [3.05, 3.63) is 53.3 Å². The molecule has 2 aromatic rings. The molecule has 0 fully saturated rings. The van der Waals surface area contributed by atoms with Gasteiger partial charge in [0.25, 0.3) is 5.91 Å². The molecule has 128 valence electrons. The van der Waals surface area contributed by atoms with Crippen molar-refractivity contribution in [3.63, 3.8) is 0 Å². The minimum atomic E-state index is -1.52. The fourth-order valence-corrected chi connectivity index (χ4v) is 2.99. The molecule has 4 N–H and O–H groups in total. The monoisotopic (exact) mass is 346 g/mol. The highest BCUT2D eigenvalue weighted by atomic mass is 32.2. The van der Waals surface area contributed by atoms with E-state index < -0.39 is 16.9 Å². The van der Waals surface area contributed by atoms with Crippen LogP contribution in [0.25, 0.3) is 0 Å². The van der Waals surface area contributed by atoms with Gasteiger partial charge in [0.05, 0.1) is 10.6 Å². The van der Waals surface area contributed by atoms with Gasteiger partial charge in [-0.25, -0.2) is 15.0 Å². The van der Waals surface area contributed by atoms with Crippen molar-refractivity contribution in [2.75, 3.05) is 4.72 Å². The molecule has 0 saturated carbocycles. The number of benzene rings is 1. The van der Waals surface area contributed by atoms with Crippen LogP contribution in [0.1, 0.15) is 42.4 Å². The summed E-state index contributed by atoms with van der Waals surface area (Å²) in [6.07, 6.45) is 1.55. The quantitative estimate of drug-likeness (QED) is 0.450. The van der Waals surface area contributed by atoms with Crippen molar-refractivity contribution in [1.29, 1.82) is 0 Å². The largest absolute Gasteiger partial charge is 0.299 e. The van der Waals surface area contributed by atoms with Gasteiger partial charge in [-0.3, -0.25) is 14.9 Å². The molecule has 0 aliphatic heterocycles. The maximum absolute atomic E-state index is 12.6. The molecule has 0 aliphatic rings. The predicted molar refractivity (Wildman–Crippen MR) is 95.8 cm³/mol. The van der Waals surface area contributed by atoms with Crippen molar-refractivity contribution in [3.8, 4) is 0 Å². The normalized spacial score (nSPS) is 12.5. The first-order chi connectivity index (χ1) is 11.2. The number of nitrogens with two attached hydrogens (primary N) is 1. The van der Waals surface area contributed by atoms with E-state index in [9.17, 15) is 9.00 Å². The summed E-state index contributed by atoms with van der Waals surface area (Å²) >= 11 is 0. The minimum absolute atomic E-state index is 0.0281. The highest BCUT2D eigenvalue weighted by molar-refractivity contribution is 7.86. The zero-order valence-electron chi connectivity index (χ0n) is 14.2. The molecule has 1 heterocycles. The molecule has 1 aromatic heterocycles. The Hall–Kier alpha value is -2.25. The van der Waals surface area contributed by atoms with Gasteiger partial charge < -0.3 is 0 Å². The van der Waals surface area contributed by atoms with E-state index in [4.69, 9.17) is 5.84 Å². The standard InChI is InChI=1S/C17H22N4O2S/c1-11-9-14(15(19-10-11)16(22)20-18)21-24(23)13-7-5-12(6-8-13)17(2,3)4/h5-10,21H,18H2,1-4H3,(H,20,22). The van der Waals surface area contributed by atoms with E-state index in [2.05, 4.69) is 30.5 Å². The molecule has 0 radical (unpaired) electrons. The number of nitrogen functional groups attached to an aromatic ring is 1. The van der Waals surface area contributed by atoms with E-state index in [-0.39, 0.29) is 11.1 Å². The number of nitrogens with zero attached hydrogens (tertiary/aromatic N) is 1. The zero-order chi connectivity index (χ0) is 17.9. The van der Waals surface area contributed by atoms with Gasteiger partial charge in [-0.15, -0.1) is 0 Å². The Morgan fingerprint density at radius 1 is 1.21 bits per heavy atom. The fourth-order valence-electron chi connectivity index (χ4n) is 2.13. The number of hydrogen-bond acceptors (Lipinski definition) is 4. The number of rotatable bonds is 4. The van der Waals surface area contributed by atoms with Crippen LogP contribution >= 0.6 is 0 Å². The molecule has 1 amide bonds. The molecular weight excluding hydrogens is 324 g/mol. The number of carbonyl (C=O) groups is 1. The van der Waals surface area contributed by atoms with Crippen LogP contribution in [0, 0.1) is 6.92 Å². The van der Waals surface area contributed by atoms with E-state index >= 15 is 0 Å². The number of aryl methyl sites for hydroxylation is 1. The number of anilines is 1. The Labute approximate surface area is 144 Å². The SMILES string of the molecule is Cc1cnc(C(=O)NN)c(NS(=O)c2ccc(C(C)(C)C)cc2)c1. The van der Waals surface area contributed by atoms with Crippen LogP contribution in [0.4, 0.5) is 5.69 Å². The molecule has 24 heavy (non-hydrogen) atoms. The first kappa shape index (κ1) is 18.1. The van der Waals surface area contributed by atoms with Gasteiger partial charge in [-0.05, 0) is 41.7 Å². The van der Waals surface area contributed by atoms with E-state index in [1.165, 1.54) is 0 Å². The molecule has 7 heteroatoms. The molecule has 6 nitrogen and oxygen atoms in total. The molecular formula is C17H22N4O2S. The molecule has 0 saturated heterocycles. The van der Waals surface area contributed by atoms with E-state index in [1.807, 2.05) is 36.6 Å².